The van der Waals surface area contributed by atoms with Gasteiger partial charge in [-0.1, -0.05) is 13.8 Å². The molecule has 0 aromatic carbocycles. The molecule has 2 rings (SSSR count). The molecule has 0 unspecified atom stereocenters. The van der Waals surface area contributed by atoms with Crippen molar-refractivity contribution in [3.8, 4) is 5.75 Å². The number of carbonyl (C=O) groups is 2. The summed E-state index contributed by atoms with van der Waals surface area (Å²) in [5.74, 6) is -0.556. The van der Waals surface area contributed by atoms with Gasteiger partial charge in [-0.3, -0.25) is 4.79 Å². The first-order valence-corrected chi connectivity index (χ1v) is 7.52. The number of methoxy groups -OCH3 is 1. The first-order chi connectivity index (χ1) is 10.4. The molecule has 0 bridgehead atoms. The van der Waals surface area contributed by atoms with E-state index in [4.69, 9.17) is 9.84 Å². The van der Waals surface area contributed by atoms with E-state index in [0.29, 0.717) is 18.2 Å². The van der Waals surface area contributed by atoms with Crippen LogP contribution in [0.5, 0.6) is 5.75 Å². The summed E-state index contributed by atoms with van der Waals surface area (Å²) in [5, 5.41) is 9.10. The van der Waals surface area contributed by atoms with Crippen LogP contribution in [0.25, 0.3) is 0 Å². The van der Waals surface area contributed by atoms with Crippen LogP contribution < -0.4 is 4.74 Å². The summed E-state index contributed by atoms with van der Waals surface area (Å²) in [6, 6.07) is 3.02. The minimum Gasteiger partial charge on any atom is -0.497 e. The van der Waals surface area contributed by atoms with Crippen LogP contribution in [0.3, 0.4) is 0 Å². The monoisotopic (exact) mass is 306 g/mol. The number of rotatable bonds is 5. The van der Waals surface area contributed by atoms with Gasteiger partial charge in [0.2, 0.25) is 0 Å². The topological polar surface area (TPSA) is 79.7 Å². The van der Waals surface area contributed by atoms with E-state index in [0.717, 1.165) is 19.3 Å². The Morgan fingerprint density at radius 3 is 2.68 bits per heavy atom. The van der Waals surface area contributed by atoms with E-state index in [9.17, 15) is 9.59 Å². The standard InChI is InChI=1S/C16H22N2O4/c1-10(2)7-11-5-4-6-18(11)15(19)13-8-12(22-3)9-14(17-13)16(20)21/h8-11H,4-7H2,1-3H3,(H,20,21)/t11-/m1/s1. The molecule has 6 nitrogen and oxygen atoms in total. The fraction of sp³-hybridized carbons (Fsp3) is 0.562. The Balaban J connectivity index is 2.28. The molecule has 120 valence electrons. The number of carboxylic acids is 1. The number of pyridine rings is 1. The van der Waals surface area contributed by atoms with Crippen LogP contribution in [0.15, 0.2) is 12.1 Å². The number of amides is 1. The van der Waals surface area contributed by atoms with Gasteiger partial charge in [0.25, 0.3) is 5.91 Å². The van der Waals surface area contributed by atoms with Gasteiger partial charge in [0, 0.05) is 24.7 Å². The van der Waals surface area contributed by atoms with Crippen molar-refractivity contribution in [2.45, 2.75) is 39.2 Å². The van der Waals surface area contributed by atoms with Crippen molar-refractivity contribution in [2.24, 2.45) is 5.92 Å². The Bertz CT molecular complexity index is 571. The summed E-state index contributed by atoms with van der Waals surface area (Å²) in [5.41, 5.74) is -0.0466. The van der Waals surface area contributed by atoms with Crippen LogP contribution in [0, 0.1) is 5.92 Å². The van der Waals surface area contributed by atoms with Gasteiger partial charge in [-0.15, -0.1) is 0 Å². The maximum absolute atomic E-state index is 12.7. The molecule has 22 heavy (non-hydrogen) atoms. The summed E-state index contributed by atoms with van der Waals surface area (Å²) in [4.78, 5) is 29.6. The number of carboxylic acid groups (broad SMARTS) is 1. The van der Waals surface area contributed by atoms with Crippen molar-refractivity contribution < 1.29 is 19.4 Å². The molecule has 1 aliphatic heterocycles. The lowest BCUT2D eigenvalue weighted by Crippen LogP contribution is -2.37. The third-order valence-corrected chi connectivity index (χ3v) is 3.85. The second-order valence-corrected chi connectivity index (χ2v) is 6.01. The van der Waals surface area contributed by atoms with E-state index in [1.165, 1.54) is 19.2 Å². The van der Waals surface area contributed by atoms with Crippen LogP contribution in [0.2, 0.25) is 0 Å². The van der Waals surface area contributed by atoms with Crippen molar-refractivity contribution >= 4 is 11.9 Å². The predicted molar refractivity (Wildman–Crippen MR) is 81.3 cm³/mol. The van der Waals surface area contributed by atoms with Gasteiger partial charge in [-0.2, -0.15) is 0 Å². The van der Waals surface area contributed by atoms with Gasteiger partial charge >= 0.3 is 5.97 Å². The lowest BCUT2D eigenvalue weighted by atomic mass is 10.0. The zero-order valence-electron chi connectivity index (χ0n) is 13.2. The van der Waals surface area contributed by atoms with Crippen molar-refractivity contribution in [1.82, 2.24) is 9.88 Å². The molecule has 0 spiro atoms. The Morgan fingerprint density at radius 1 is 1.41 bits per heavy atom. The second kappa shape index (κ2) is 6.77. The molecular weight excluding hydrogens is 284 g/mol. The number of hydrogen-bond acceptors (Lipinski definition) is 4. The van der Waals surface area contributed by atoms with Gasteiger partial charge in [0.05, 0.1) is 7.11 Å². The first-order valence-electron chi connectivity index (χ1n) is 7.52. The summed E-state index contributed by atoms with van der Waals surface area (Å²) in [7, 11) is 1.44. The minimum absolute atomic E-state index is 0.132. The number of aromatic carboxylic acids is 1. The Labute approximate surface area is 130 Å². The second-order valence-electron chi connectivity index (χ2n) is 6.01. The van der Waals surface area contributed by atoms with Gasteiger partial charge in [0.15, 0.2) is 5.69 Å². The van der Waals surface area contributed by atoms with Crippen molar-refractivity contribution in [3.63, 3.8) is 0 Å². The first kappa shape index (κ1) is 16.3. The van der Waals surface area contributed by atoms with Gasteiger partial charge in [0.1, 0.15) is 11.4 Å². The zero-order chi connectivity index (χ0) is 16.3. The fourth-order valence-corrected chi connectivity index (χ4v) is 2.88. The fourth-order valence-electron chi connectivity index (χ4n) is 2.88. The van der Waals surface area contributed by atoms with Crippen molar-refractivity contribution in [2.75, 3.05) is 13.7 Å². The number of aromatic nitrogens is 1. The molecule has 1 aromatic rings. The number of nitrogens with zero attached hydrogens (tertiary/aromatic N) is 2. The molecule has 0 saturated carbocycles. The Kier molecular flexibility index (Phi) is 5.00. The number of likely N-dealkylation sites (tertiary alicyclic amines) is 1. The highest BCUT2D eigenvalue weighted by molar-refractivity contribution is 5.95. The van der Waals surface area contributed by atoms with E-state index in [2.05, 4.69) is 18.8 Å². The van der Waals surface area contributed by atoms with Gasteiger partial charge in [-0.25, -0.2) is 9.78 Å². The highest BCUT2D eigenvalue weighted by Crippen LogP contribution is 2.26. The molecule has 1 amide bonds. The van der Waals surface area contributed by atoms with Crippen LogP contribution >= 0.6 is 0 Å². The molecule has 0 radical (unpaired) electrons. The van der Waals surface area contributed by atoms with Crippen LogP contribution in [0.4, 0.5) is 0 Å². The third-order valence-electron chi connectivity index (χ3n) is 3.85. The van der Waals surface area contributed by atoms with Crippen LogP contribution in [-0.2, 0) is 0 Å². The minimum atomic E-state index is -1.17. The quantitative estimate of drug-likeness (QED) is 0.903. The molecule has 2 heterocycles. The maximum Gasteiger partial charge on any atom is 0.354 e. The highest BCUT2D eigenvalue weighted by Gasteiger charge is 2.31. The molecule has 1 saturated heterocycles. The van der Waals surface area contributed by atoms with Gasteiger partial charge in [-0.05, 0) is 25.2 Å². The summed E-state index contributed by atoms with van der Waals surface area (Å²) in [6.07, 6.45) is 2.90. The van der Waals surface area contributed by atoms with Crippen molar-refractivity contribution in [1.29, 1.82) is 0 Å². The highest BCUT2D eigenvalue weighted by atomic mass is 16.5. The summed E-state index contributed by atoms with van der Waals surface area (Å²) >= 11 is 0. The Hall–Kier alpha value is -2.11. The molecule has 1 fully saturated rings. The molecule has 0 aliphatic carbocycles. The van der Waals surface area contributed by atoms with Gasteiger partial charge < -0.3 is 14.7 Å². The number of ether oxygens (including phenoxy) is 1. The lowest BCUT2D eigenvalue weighted by Gasteiger charge is -2.26. The smallest absolute Gasteiger partial charge is 0.354 e. The SMILES string of the molecule is COc1cc(C(=O)O)nc(C(=O)N2CCC[C@@H]2CC(C)C)c1. The maximum atomic E-state index is 12.7. The Morgan fingerprint density at radius 2 is 2.09 bits per heavy atom. The van der Waals surface area contributed by atoms with E-state index in [1.54, 1.807) is 0 Å². The van der Waals surface area contributed by atoms with E-state index in [1.807, 2.05) is 4.90 Å². The normalized spacial score (nSPS) is 17.8. The summed E-state index contributed by atoms with van der Waals surface area (Å²) < 4.78 is 5.08. The average Bonchev–Trinajstić information content (AvgIpc) is 2.93. The van der Waals surface area contributed by atoms with Crippen LogP contribution in [-0.4, -0.2) is 46.6 Å². The third kappa shape index (κ3) is 3.55. The van der Waals surface area contributed by atoms with Crippen LogP contribution in [0.1, 0.15) is 54.1 Å². The lowest BCUT2D eigenvalue weighted by molar-refractivity contribution is 0.0688. The average molecular weight is 306 g/mol. The zero-order valence-corrected chi connectivity index (χ0v) is 13.2. The van der Waals surface area contributed by atoms with E-state index < -0.39 is 5.97 Å². The molecule has 1 atom stereocenters. The molecule has 1 aliphatic rings. The molecule has 1 N–H and O–H groups in total. The van der Waals surface area contributed by atoms with E-state index in [-0.39, 0.29) is 23.3 Å². The number of carbonyl (C=O) groups excluding carboxylic acids is 1. The molecule has 6 heteroatoms. The van der Waals surface area contributed by atoms with Crippen molar-refractivity contribution in [3.05, 3.63) is 23.5 Å². The van der Waals surface area contributed by atoms with E-state index >= 15 is 0 Å². The summed E-state index contributed by atoms with van der Waals surface area (Å²) in [6.45, 7) is 4.96. The number of hydrogen-bond donors (Lipinski definition) is 1. The molecular formula is C16H22N2O4. The largest absolute Gasteiger partial charge is 0.497 e. The predicted octanol–water partition coefficient (Wildman–Crippen LogP) is 2.44. The molecule has 1 aromatic heterocycles.